The van der Waals surface area contributed by atoms with Crippen molar-refractivity contribution in [2.45, 2.75) is 24.9 Å². The summed E-state index contributed by atoms with van der Waals surface area (Å²) in [5, 5.41) is 12.1. The highest BCUT2D eigenvalue weighted by molar-refractivity contribution is 5.74. The van der Waals surface area contributed by atoms with E-state index >= 15 is 0 Å². The van der Waals surface area contributed by atoms with Gasteiger partial charge >= 0.3 is 5.97 Å². The molecule has 0 bridgehead atoms. The van der Waals surface area contributed by atoms with Gasteiger partial charge in [-0.05, 0) is 18.9 Å². The van der Waals surface area contributed by atoms with Crippen molar-refractivity contribution < 1.29 is 19.4 Å². The lowest BCUT2D eigenvalue weighted by Crippen LogP contribution is -2.31. The van der Waals surface area contributed by atoms with Gasteiger partial charge in [0.15, 0.2) is 0 Å². The van der Waals surface area contributed by atoms with Gasteiger partial charge in [0.05, 0.1) is 6.61 Å². The van der Waals surface area contributed by atoms with E-state index in [1.807, 2.05) is 24.3 Å². The number of carbonyl (C=O) groups is 1. The lowest BCUT2D eigenvalue weighted by Gasteiger charge is -2.17. The number of nitrogens with one attached hydrogen (secondary N) is 1. The predicted molar refractivity (Wildman–Crippen MR) is 70.3 cm³/mol. The second-order valence-electron chi connectivity index (χ2n) is 4.57. The third-order valence-electron chi connectivity index (χ3n) is 3.28. The van der Waals surface area contributed by atoms with Crippen LogP contribution in [0.5, 0.6) is 5.75 Å². The molecule has 1 heterocycles. The zero-order valence-corrected chi connectivity index (χ0v) is 11.0. The van der Waals surface area contributed by atoms with Crippen molar-refractivity contribution in [2.75, 3.05) is 20.3 Å². The van der Waals surface area contributed by atoms with Crippen LogP contribution in [-0.4, -0.2) is 37.4 Å². The van der Waals surface area contributed by atoms with Gasteiger partial charge in [-0.1, -0.05) is 18.2 Å². The largest absolute Gasteiger partial charge is 0.491 e. The maximum absolute atomic E-state index is 11.0. The van der Waals surface area contributed by atoms with E-state index in [0.717, 1.165) is 17.7 Å². The maximum atomic E-state index is 11.0. The Morgan fingerprint density at radius 2 is 2.16 bits per heavy atom. The molecule has 0 aliphatic carbocycles. The minimum absolute atomic E-state index is 0.0415. The van der Waals surface area contributed by atoms with Crippen LogP contribution in [0.1, 0.15) is 24.4 Å². The zero-order chi connectivity index (χ0) is 13.7. The van der Waals surface area contributed by atoms with Crippen LogP contribution >= 0.6 is 0 Å². The SMILES string of the molecule is COCCOc1ccccc1C1CCC(C(=O)O)N1. The number of methoxy groups -OCH3 is 1. The van der Waals surface area contributed by atoms with Crippen LogP contribution in [0, 0.1) is 0 Å². The molecule has 2 atom stereocenters. The summed E-state index contributed by atoms with van der Waals surface area (Å²) < 4.78 is 10.6. The monoisotopic (exact) mass is 265 g/mol. The fraction of sp³-hybridized carbons (Fsp3) is 0.500. The van der Waals surface area contributed by atoms with Crippen molar-refractivity contribution >= 4 is 5.97 Å². The molecule has 0 amide bonds. The summed E-state index contributed by atoms with van der Waals surface area (Å²) in [6.45, 7) is 1.02. The van der Waals surface area contributed by atoms with Gasteiger partial charge in [-0.2, -0.15) is 0 Å². The molecule has 2 N–H and O–H groups in total. The number of aliphatic carboxylic acids is 1. The number of hydrogen-bond donors (Lipinski definition) is 2. The molecule has 0 saturated carbocycles. The van der Waals surface area contributed by atoms with E-state index in [1.54, 1.807) is 7.11 Å². The summed E-state index contributed by atoms with van der Waals surface area (Å²) in [5.41, 5.74) is 1.02. The van der Waals surface area contributed by atoms with Crippen molar-refractivity contribution in [1.29, 1.82) is 0 Å². The molecule has 104 valence electrons. The smallest absolute Gasteiger partial charge is 0.320 e. The van der Waals surface area contributed by atoms with Crippen LogP contribution in [0.2, 0.25) is 0 Å². The lowest BCUT2D eigenvalue weighted by molar-refractivity contribution is -0.139. The Hall–Kier alpha value is -1.59. The Balaban J connectivity index is 2.05. The highest BCUT2D eigenvalue weighted by atomic mass is 16.5. The van der Waals surface area contributed by atoms with Crippen molar-refractivity contribution in [3.05, 3.63) is 29.8 Å². The predicted octanol–water partition coefficient (Wildman–Crippen LogP) is 1.59. The molecule has 1 aromatic rings. The maximum Gasteiger partial charge on any atom is 0.320 e. The average Bonchev–Trinajstić information content (AvgIpc) is 2.89. The van der Waals surface area contributed by atoms with E-state index in [4.69, 9.17) is 14.6 Å². The van der Waals surface area contributed by atoms with Gasteiger partial charge in [-0.25, -0.2) is 0 Å². The molecule has 1 saturated heterocycles. The number of benzene rings is 1. The molecule has 0 radical (unpaired) electrons. The van der Waals surface area contributed by atoms with Crippen LogP contribution in [0.3, 0.4) is 0 Å². The third-order valence-corrected chi connectivity index (χ3v) is 3.28. The molecule has 1 aliphatic rings. The summed E-state index contributed by atoms with van der Waals surface area (Å²) in [6.07, 6.45) is 1.45. The molecule has 0 spiro atoms. The quantitative estimate of drug-likeness (QED) is 0.764. The normalized spacial score (nSPS) is 22.4. The first-order valence-corrected chi connectivity index (χ1v) is 6.42. The standard InChI is InChI=1S/C14H19NO4/c1-18-8-9-19-13-5-3-2-4-10(13)11-6-7-12(15-11)14(16)17/h2-5,11-12,15H,6-9H2,1H3,(H,16,17). The van der Waals surface area contributed by atoms with E-state index in [0.29, 0.717) is 19.6 Å². The van der Waals surface area contributed by atoms with Crippen LogP contribution in [0.4, 0.5) is 0 Å². The summed E-state index contributed by atoms with van der Waals surface area (Å²) in [5.74, 6) is 0.00312. The minimum atomic E-state index is -0.791. The van der Waals surface area contributed by atoms with Crippen molar-refractivity contribution in [3.8, 4) is 5.75 Å². The van der Waals surface area contributed by atoms with Gasteiger partial charge in [0, 0.05) is 18.7 Å². The molecule has 2 unspecified atom stereocenters. The van der Waals surface area contributed by atoms with Crippen molar-refractivity contribution in [1.82, 2.24) is 5.32 Å². The topological polar surface area (TPSA) is 67.8 Å². The van der Waals surface area contributed by atoms with Gasteiger partial charge in [-0.15, -0.1) is 0 Å². The van der Waals surface area contributed by atoms with Gasteiger partial charge in [0.2, 0.25) is 0 Å². The third kappa shape index (κ3) is 3.45. The van der Waals surface area contributed by atoms with Gasteiger partial charge in [0.1, 0.15) is 18.4 Å². The molecule has 5 nitrogen and oxygen atoms in total. The summed E-state index contributed by atoms with van der Waals surface area (Å²) in [7, 11) is 1.63. The first kappa shape index (κ1) is 13.8. The van der Waals surface area contributed by atoms with E-state index in [9.17, 15) is 4.79 Å². The number of carboxylic acids is 1. The molecule has 0 aromatic heterocycles. The van der Waals surface area contributed by atoms with Gasteiger partial charge in [0.25, 0.3) is 0 Å². The molecule has 5 heteroatoms. The fourth-order valence-corrected chi connectivity index (χ4v) is 2.32. The van der Waals surface area contributed by atoms with Crippen molar-refractivity contribution in [3.63, 3.8) is 0 Å². The Morgan fingerprint density at radius 1 is 1.37 bits per heavy atom. The highest BCUT2D eigenvalue weighted by Gasteiger charge is 2.30. The van der Waals surface area contributed by atoms with Gasteiger partial charge in [-0.3, -0.25) is 10.1 Å². The molecular formula is C14H19NO4. The second kappa shape index (κ2) is 6.54. The number of para-hydroxylation sites is 1. The van der Waals surface area contributed by atoms with Gasteiger partial charge < -0.3 is 14.6 Å². The van der Waals surface area contributed by atoms with Crippen LogP contribution in [0.25, 0.3) is 0 Å². The molecule has 1 aromatic carbocycles. The summed E-state index contributed by atoms with van der Waals surface area (Å²) >= 11 is 0. The lowest BCUT2D eigenvalue weighted by atomic mass is 10.0. The van der Waals surface area contributed by atoms with Crippen LogP contribution in [0.15, 0.2) is 24.3 Å². The highest BCUT2D eigenvalue weighted by Crippen LogP contribution is 2.32. The summed E-state index contributed by atoms with van der Waals surface area (Å²) in [6, 6.07) is 7.31. The first-order chi connectivity index (χ1) is 9.22. The molecule has 2 rings (SSSR count). The Morgan fingerprint density at radius 3 is 2.84 bits per heavy atom. The summed E-state index contributed by atoms with van der Waals surface area (Å²) in [4.78, 5) is 11.0. The molecule has 1 fully saturated rings. The number of rotatable bonds is 6. The zero-order valence-electron chi connectivity index (χ0n) is 11.0. The van der Waals surface area contributed by atoms with Crippen LogP contribution < -0.4 is 10.1 Å². The Bertz CT molecular complexity index is 435. The number of carboxylic acid groups (broad SMARTS) is 1. The Labute approximate surface area is 112 Å². The van der Waals surface area contributed by atoms with Crippen LogP contribution in [-0.2, 0) is 9.53 Å². The fourth-order valence-electron chi connectivity index (χ4n) is 2.32. The Kier molecular flexibility index (Phi) is 4.76. The average molecular weight is 265 g/mol. The van der Waals surface area contributed by atoms with Crippen molar-refractivity contribution in [2.24, 2.45) is 0 Å². The van der Waals surface area contributed by atoms with E-state index in [-0.39, 0.29) is 6.04 Å². The van der Waals surface area contributed by atoms with E-state index in [1.165, 1.54) is 0 Å². The molecule has 1 aliphatic heterocycles. The minimum Gasteiger partial charge on any atom is -0.491 e. The molecule has 19 heavy (non-hydrogen) atoms. The molecular weight excluding hydrogens is 246 g/mol. The number of ether oxygens (including phenoxy) is 2. The number of hydrogen-bond acceptors (Lipinski definition) is 4. The second-order valence-corrected chi connectivity index (χ2v) is 4.57. The first-order valence-electron chi connectivity index (χ1n) is 6.42. The van der Waals surface area contributed by atoms with E-state index in [2.05, 4.69) is 5.32 Å². The van der Waals surface area contributed by atoms with E-state index < -0.39 is 12.0 Å².